The van der Waals surface area contributed by atoms with E-state index in [9.17, 15) is 26.3 Å². The Morgan fingerprint density at radius 3 is 2.13 bits per heavy atom. The van der Waals surface area contributed by atoms with Crippen molar-refractivity contribution in [3.8, 4) is 0 Å². The lowest BCUT2D eigenvalue weighted by Gasteiger charge is -2.32. The topological polar surface area (TPSA) is 80.8 Å². The highest BCUT2D eigenvalue weighted by Gasteiger charge is 2.37. The number of halogens is 6. The number of tetrazole rings is 1. The quantitative estimate of drug-likeness (QED) is 0.191. The van der Waals surface area contributed by atoms with E-state index in [1.807, 2.05) is 14.0 Å². The van der Waals surface area contributed by atoms with Crippen molar-refractivity contribution in [1.29, 1.82) is 0 Å². The molecule has 0 radical (unpaired) electrons. The average molecular weight is 636 g/mol. The van der Waals surface area contributed by atoms with Gasteiger partial charge in [-0.3, -0.25) is 4.68 Å². The van der Waals surface area contributed by atoms with Crippen LogP contribution in [0.25, 0.3) is 11.0 Å². The van der Waals surface area contributed by atoms with Crippen molar-refractivity contribution in [3.63, 3.8) is 0 Å². The smallest absolute Gasteiger partial charge is 0.353 e. The number of rotatable bonds is 10. The largest absolute Gasteiger partial charge is 0.416 e. The van der Waals surface area contributed by atoms with Gasteiger partial charge in [0.1, 0.15) is 5.82 Å². The molecule has 0 atom stereocenters. The lowest BCUT2D eigenvalue weighted by molar-refractivity contribution is -0.143. The van der Waals surface area contributed by atoms with Gasteiger partial charge in [0.25, 0.3) is 5.95 Å². The molecule has 0 spiro atoms. The number of aromatic nitrogens is 7. The molecule has 2 saturated carbocycles. The van der Waals surface area contributed by atoms with Crippen molar-refractivity contribution in [2.24, 2.45) is 20.0 Å². The highest BCUT2D eigenvalue weighted by Crippen LogP contribution is 2.39. The number of hydrogen-bond donors (Lipinski definition) is 0. The molecule has 15 heteroatoms. The number of benzene rings is 1. The molecule has 3 heterocycles. The van der Waals surface area contributed by atoms with Gasteiger partial charge in [-0.25, -0.2) is 4.98 Å². The maximum absolute atomic E-state index is 13.6. The Bertz CT molecular complexity index is 1630. The number of aryl methyl sites for hydroxylation is 3. The fraction of sp³-hybridized carbons (Fsp3) is 0.567. The molecule has 45 heavy (non-hydrogen) atoms. The Kier molecular flexibility index (Phi) is 8.14. The molecule has 0 aliphatic heterocycles. The standard InChI is InChI=1S/C30H35F6N9/c1-18-25-14-21(26(37-27(25)42(2)39-18)45(17-19-8-9-19)24-6-4-5-7-24)10-11-44(28-38-41-43(3)40-28)16-20-12-22(29(31,32)33)15-23(13-20)30(34,35)36/h12-15,19,24H,4-11,16-17H2,1-3H3. The summed E-state index contributed by atoms with van der Waals surface area (Å²) in [6.45, 7) is 2.72. The second-order valence-electron chi connectivity index (χ2n) is 12.2. The molecule has 2 aliphatic rings. The van der Waals surface area contributed by atoms with Gasteiger partial charge in [-0.2, -0.15) is 36.2 Å². The van der Waals surface area contributed by atoms with Crippen LogP contribution in [0.15, 0.2) is 24.3 Å². The molecule has 0 N–H and O–H groups in total. The Balaban J connectivity index is 1.37. The summed E-state index contributed by atoms with van der Waals surface area (Å²) >= 11 is 0. The Morgan fingerprint density at radius 1 is 0.889 bits per heavy atom. The number of nitrogens with zero attached hydrogens (tertiary/aromatic N) is 9. The molecule has 242 valence electrons. The van der Waals surface area contributed by atoms with Crippen LogP contribution >= 0.6 is 0 Å². The molecule has 9 nitrogen and oxygen atoms in total. The van der Waals surface area contributed by atoms with Crippen LogP contribution in [-0.2, 0) is 39.4 Å². The second kappa shape index (κ2) is 11.8. The third kappa shape index (κ3) is 6.86. The normalized spacial score (nSPS) is 16.2. The fourth-order valence-corrected chi connectivity index (χ4v) is 6.25. The maximum Gasteiger partial charge on any atom is 0.416 e. The van der Waals surface area contributed by atoms with Gasteiger partial charge in [0.2, 0.25) is 0 Å². The van der Waals surface area contributed by atoms with Crippen molar-refractivity contribution in [1.82, 2.24) is 35.0 Å². The lowest BCUT2D eigenvalue weighted by Crippen LogP contribution is -2.37. The molecule has 0 saturated heterocycles. The average Bonchev–Trinajstić information content (AvgIpc) is 3.31. The van der Waals surface area contributed by atoms with E-state index in [1.165, 1.54) is 17.6 Å². The summed E-state index contributed by atoms with van der Waals surface area (Å²) in [6, 6.07) is 4.05. The van der Waals surface area contributed by atoms with Gasteiger partial charge in [-0.1, -0.05) is 17.9 Å². The molecular weight excluding hydrogens is 600 g/mol. The maximum atomic E-state index is 13.6. The molecular formula is C30H35F6N9. The van der Waals surface area contributed by atoms with Crippen molar-refractivity contribution in [2.75, 3.05) is 22.9 Å². The molecule has 4 aromatic rings. The van der Waals surface area contributed by atoms with E-state index in [1.54, 1.807) is 16.6 Å². The van der Waals surface area contributed by atoms with E-state index in [0.717, 1.165) is 72.5 Å². The first kappa shape index (κ1) is 31.1. The van der Waals surface area contributed by atoms with Gasteiger partial charge < -0.3 is 9.80 Å². The third-order valence-electron chi connectivity index (χ3n) is 8.70. The molecule has 2 aliphatic carbocycles. The molecule has 2 fully saturated rings. The summed E-state index contributed by atoms with van der Waals surface area (Å²) in [4.78, 5) is 10.3. The molecule has 0 amide bonds. The van der Waals surface area contributed by atoms with Crippen LogP contribution in [-0.4, -0.2) is 54.1 Å². The first-order valence-corrected chi connectivity index (χ1v) is 15.1. The van der Waals surface area contributed by atoms with Crippen LogP contribution in [0, 0.1) is 12.8 Å². The lowest BCUT2D eigenvalue weighted by atomic mass is 10.0. The van der Waals surface area contributed by atoms with Gasteiger partial charge in [-0.15, -0.1) is 5.10 Å². The van der Waals surface area contributed by atoms with E-state index in [4.69, 9.17) is 4.98 Å². The summed E-state index contributed by atoms with van der Waals surface area (Å²) in [7, 11) is 3.40. The third-order valence-corrected chi connectivity index (χ3v) is 8.70. The van der Waals surface area contributed by atoms with Gasteiger partial charge >= 0.3 is 12.4 Å². The second-order valence-corrected chi connectivity index (χ2v) is 12.2. The van der Waals surface area contributed by atoms with Crippen molar-refractivity contribution in [2.45, 2.75) is 76.8 Å². The molecule has 3 aromatic heterocycles. The van der Waals surface area contributed by atoms with E-state index in [2.05, 4.69) is 31.5 Å². The number of fused-ring (bicyclic) bond motifs is 1. The number of alkyl halides is 6. The zero-order valence-electron chi connectivity index (χ0n) is 25.3. The van der Waals surface area contributed by atoms with E-state index in [-0.39, 0.29) is 30.7 Å². The molecule has 0 bridgehead atoms. The van der Waals surface area contributed by atoms with Crippen LogP contribution in [0.1, 0.15) is 66.5 Å². The van der Waals surface area contributed by atoms with Crippen LogP contribution < -0.4 is 9.80 Å². The number of anilines is 2. The van der Waals surface area contributed by atoms with Crippen LogP contribution in [0.4, 0.5) is 38.1 Å². The summed E-state index contributed by atoms with van der Waals surface area (Å²) < 4.78 is 83.6. The number of pyridine rings is 1. The van der Waals surface area contributed by atoms with Crippen LogP contribution in [0.3, 0.4) is 0 Å². The minimum absolute atomic E-state index is 0.0993. The van der Waals surface area contributed by atoms with E-state index < -0.39 is 23.5 Å². The van der Waals surface area contributed by atoms with Crippen molar-refractivity contribution < 1.29 is 26.3 Å². The van der Waals surface area contributed by atoms with Gasteiger partial charge in [-0.05, 0) is 85.6 Å². The predicted octanol–water partition coefficient (Wildman–Crippen LogP) is 6.25. The zero-order valence-corrected chi connectivity index (χ0v) is 25.3. The Labute approximate surface area is 256 Å². The van der Waals surface area contributed by atoms with Gasteiger partial charge in [0.05, 0.1) is 23.9 Å². The summed E-state index contributed by atoms with van der Waals surface area (Å²) in [5.41, 5.74) is -0.381. The Hall–Kier alpha value is -3.91. The minimum Gasteiger partial charge on any atom is -0.353 e. The first-order chi connectivity index (χ1) is 21.3. The zero-order chi connectivity index (χ0) is 32.1. The molecule has 0 unspecified atom stereocenters. The monoisotopic (exact) mass is 635 g/mol. The van der Waals surface area contributed by atoms with Crippen molar-refractivity contribution in [3.05, 3.63) is 52.2 Å². The SMILES string of the molecule is Cc1nn(C)c2nc(N(CC3CC3)C3CCCC3)c(CCN(Cc3cc(C(F)(F)F)cc(C(F)(F)F)c3)c3nnn(C)n3)cc12. The summed E-state index contributed by atoms with van der Waals surface area (Å²) in [5, 5.41) is 17.6. The van der Waals surface area contributed by atoms with Gasteiger partial charge in [0.15, 0.2) is 5.65 Å². The van der Waals surface area contributed by atoms with Crippen LogP contribution in [0.5, 0.6) is 0 Å². The molecule has 1 aromatic carbocycles. The first-order valence-electron chi connectivity index (χ1n) is 15.1. The minimum atomic E-state index is -4.95. The Morgan fingerprint density at radius 2 is 1.56 bits per heavy atom. The predicted molar refractivity (Wildman–Crippen MR) is 156 cm³/mol. The summed E-state index contributed by atoms with van der Waals surface area (Å²) in [5.74, 6) is 1.56. The highest BCUT2D eigenvalue weighted by atomic mass is 19.4. The van der Waals surface area contributed by atoms with Crippen molar-refractivity contribution >= 4 is 22.8 Å². The molecule has 6 rings (SSSR count). The number of hydrogen-bond acceptors (Lipinski definition) is 7. The fourth-order valence-electron chi connectivity index (χ4n) is 6.25. The summed E-state index contributed by atoms with van der Waals surface area (Å²) in [6.07, 6.45) is -2.71. The van der Waals surface area contributed by atoms with Crippen LogP contribution in [0.2, 0.25) is 0 Å². The van der Waals surface area contributed by atoms with E-state index in [0.29, 0.717) is 18.4 Å². The van der Waals surface area contributed by atoms with E-state index >= 15 is 0 Å². The van der Waals surface area contributed by atoms with Gasteiger partial charge in [0, 0.05) is 38.1 Å². The highest BCUT2D eigenvalue weighted by molar-refractivity contribution is 5.81.